The molecular weight excluding hydrogens is 467 g/mol. The lowest BCUT2D eigenvalue weighted by Crippen LogP contribution is -2.43. The molecule has 1 aromatic heterocycles. The van der Waals surface area contributed by atoms with E-state index >= 15 is 0 Å². The van der Waals surface area contributed by atoms with E-state index in [9.17, 15) is 9.59 Å². The van der Waals surface area contributed by atoms with Crippen LogP contribution in [0.1, 0.15) is 11.1 Å². The van der Waals surface area contributed by atoms with Crippen molar-refractivity contribution in [3.63, 3.8) is 0 Å². The Morgan fingerprint density at radius 1 is 1.18 bits per heavy atom. The van der Waals surface area contributed by atoms with Gasteiger partial charge >= 0.3 is 5.97 Å². The molecule has 0 fully saturated rings. The van der Waals surface area contributed by atoms with Crippen molar-refractivity contribution in [1.29, 1.82) is 0 Å². The van der Waals surface area contributed by atoms with Gasteiger partial charge in [0, 0.05) is 28.0 Å². The minimum atomic E-state index is -0.825. The van der Waals surface area contributed by atoms with Gasteiger partial charge in [0.1, 0.15) is 6.04 Å². The van der Waals surface area contributed by atoms with Crippen molar-refractivity contribution in [2.75, 3.05) is 7.11 Å². The van der Waals surface area contributed by atoms with Crippen molar-refractivity contribution in [3.8, 4) is 0 Å². The first-order valence-corrected chi connectivity index (χ1v) is 9.99. The summed E-state index contributed by atoms with van der Waals surface area (Å²) in [7, 11) is 1.29. The van der Waals surface area contributed by atoms with E-state index in [1.807, 2.05) is 18.2 Å². The molecule has 2 N–H and O–H groups in total. The summed E-state index contributed by atoms with van der Waals surface area (Å²) in [6.07, 6.45) is 2.18. The predicted molar refractivity (Wildman–Crippen MR) is 114 cm³/mol. The molecule has 0 saturated heterocycles. The van der Waals surface area contributed by atoms with Crippen LogP contribution in [0.4, 0.5) is 0 Å². The first kappa shape index (κ1) is 20.7. The molecule has 2 aromatic carbocycles. The van der Waals surface area contributed by atoms with Crippen molar-refractivity contribution < 1.29 is 14.3 Å². The number of amides is 1. The molecule has 5 nitrogen and oxygen atoms in total. The number of rotatable bonds is 6. The molecule has 146 valence electrons. The number of hydrogen-bond acceptors (Lipinski definition) is 3. The van der Waals surface area contributed by atoms with Crippen molar-refractivity contribution >= 4 is 61.9 Å². The molecule has 3 aromatic rings. The van der Waals surface area contributed by atoms with Crippen molar-refractivity contribution in [2.24, 2.45) is 0 Å². The monoisotopic (exact) mass is 482 g/mol. The summed E-state index contributed by atoms with van der Waals surface area (Å²) in [5.74, 6) is -0.804. The molecule has 0 spiro atoms. The van der Waals surface area contributed by atoms with E-state index in [0.717, 1.165) is 26.5 Å². The van der Waals surface area contributed by atoms with Crippen LogP contribution in [-0.2, 0) is 27.2 Å². The van der Waals surface area contributed by atoms with Crippen LogP contribution in [0.3, 0.4) is 0 Å². The maximum Gasteiger partial charge on any atom is 0.328 e. The Balaban J connectivity index is 1.73. The van der Waals surface area contributed by atoms with Crippen molar-refractivity contribution in [3.05, 3.63) is 68.2 Å². The summed E-state index contributed by atoms with van der Waals surface area (Å²) in [5, 5.41) is 4.52. The average molecular weight is 484 g/mol. The third-order valence-corrected chi connectivity index (χ3v) is 5.56. The van der Waals surface area contributed by atoms with E-state index in [2.05, 4.69) is 26.2 Å². The second-order valence-electron chi connectivity index (χ2n) is 6.28. The molecule has 0 unspecified atom stereocenters. The van der Waals surface area contributed by atoms with E-state index in [0.29, 0.717) is 10.0 Å². The van der Waals surface area contributed by atoms with Crippen LogP contribution < -0.4 is 5.32 Å². The molecule has 0 aliphatic heterocycles. The molecule has 1 amide bonds. The molecule has 8 heteroatoms. The zero-order valence-corrected chi connectivity index (χ0v) is 18.0. The highest BCUT2D eigenvalue weighted by Crippen LogP contribution is 2.24. The Bertz CT molecular complexity index is 1040. The average Bonchev–Trinajstić information content (AvgIpc) is 3.05. The van der Waals surface area contributed by atoms with Crippen LogP contribution in [0.25, 0.3) is 10.9 Å². The van der Waals surface area contributed by atoms with Gasteiger partial charge in [-0.15, -0.1) is 0 Å². The summed E-state index contributed by atoms with van der Waals surface area (Å²) in [6.45, 7) is 0. The van der Waals surface area contributed by atoms with Crippen LogP contribution in [0.5, 0.6) is 0 Å². The van der Waals surface area contributed by atoms with E-state index in [-0.39, 0.29) is 18.7 Å². The molecule has 0 radical (unpaired) electrons. The van der Waals surface area contributed by atoms with E-state index < -0.39 is 12.0 Å². The summed E-state index contributed by atoms with van der Waals surface area (Å²) in [4.78, 5) is 27.9. The fraction of sp³-hybridized carbons (Fsp3) is 0.200. The number of methoxy groups -OCH3 is 1. The van der Waals surface area contributed by atoms with Crippen molar-refractivity contribution in [1.82, 2.24) is 10.3 Å². The standard InChI is InChI=1S/C20H17BrCl2N2O3/c1-28-20(27)18(7-11-2-5-15(22)16(23)6-11)25-19(26)8-12-10-24-17-9-13(21)3-4-14(12)17/h2-6,9-10,18,24H,7-8H2,1H3,(H,25,26)/t18-/m0/s1. The van der Waals surface area contributed by atoms with E-state index in [1.165, 1.54) is 7.11 Å². The highest BCUT2D eigenvalue weighted by atomic mass is 79.9. The number of benzene rings is 2. The normalized spacial score (nSPS) is 12.0. The zero-order chi connectivity index (χ0) is 20.3. The lowest BCUT2D eigenvalue weighted by atomic mass is 10.0. The van der Waals surface area contributed by atoms with E-state index in [4.69, 9.17) is 27.9 Å². The molecule has 1 atom stereocenters. The second kappa shape index (κ2) is 8.99. The van der Waals surface area contributed by atoms with Crippen LogP contribution >= 0.6 is 39.1 Å². The Labute approximate surface area is 180 Å². The maximum atomic E-state index is 12.6. The first-order chi connectivity index (χ1) is 13.4. The van der Waals surface area contributed by atoms with Gasteiger partial charge in [0.2, 0.25) is 5.91 Å². The summed E-state index contributed by atoms with van der Waals surface area (Å²) in [5.41, 5.74) is 2.54. The molecule has 0 aliphatic carbocycles. The van der Waals surface area contributed by atoms with Gasteiger partial charge in [0.25, 0.3) is 0 Å². The Morgan fingerprint density at radius 3 is 2.68 bits per heavy atom. The Morgan fingerprint density at radius 2 is 1.96 bits per heavy atom. The van der Waals surface area contributed by atoms with Crippen molar-refractivity contribution in [2.45, 2.75) is 18.9 Å². The summed E-state index contributed by atoms with van der Waals surface area (Å²) in [6, 6.07) is 10.1. The lowest BCUT2D eigenvalue weighted by molar-refractivity contribution is -0.145. The number of halogens is 3. The quantitative estimate of drug-likeness (QED) is 0.500. The SMILES string of the molecule is COC(=O)[C@H](Cc1ccc(Cl)c(Cl)c1)NC(=O)Cc1c[nH]c2cc(Br)ccc12. The number of carbonyl (C=O) groups is 2. The Hall–Kier alpha value is -2.02. The summed E-state index contributed by atoms with van der Waals surface area (Å²) >= 11 is 15.4. The Kier molecular flexibility index (Phi) is 6.65. The van der Waals surface area contributed by atoms with Gasteiger partial charge in [-0.3, -0.25) is 4.79 Å². The predicted octanol–water partition coefficient (Wildman–Crippen LogP) is 4.68. The highest BCUT2D eigenvalue weighted by Gasteiger charge is 2.23. The van der Waals surface area contributed by atoms with Gasteiger partial charge < -0.3 is 15.0 Å². The number of hydrogen-bond donors (Lipinski definition) is 2. The lowest BCUT2D eigenvalue weighted by Gasteiger charge is -2.17. The number of H-pyrrole nitrogens is 1. The fourth-order valence-corrected chi connectivity index (χ4v) is 3.64. The highest BCUT2D eigenvalue weighted by molar-refractivity contribution is 9.10. The van der Waals surface area contributed by atoms with Crippen LogP contribution in [0, 0.1) is 0 Å². The molecule has 0 saturated carbocycles. The van der Waals surface area contributed by atoms with E-state index in [1.54, 1.807) is 24.4 Å². The molecular formula is C20H17BrCl2N2O3. The minimum Gasteiger partial charge on any atom is -0.467 e. The third kappa shape index (κ3) is 4.87. The topological polar surface area (TPSA) is 71.2 Å². The maximum absolute atomic E-state index is 12.6. The van der Waals surface area contributed by atoms with Gasteiger partial charge in [-0.1, -0.05) is 51.3 Å². The largest absolute Gasteiger partial charge is 0.467 e. The fourth-order valence-electron chi connectivity index (χ4n) is 2.96. The molecule has 3 rings (SSSR count). The number of fused-ring (bicyclic) bond motifs is 1. The van der Waals surface area contributed by atoms with Gasteiger partial charge in [-0.25, -0.2) is 4.79 Å². The van der Waals surface area contributed by atoms with Gasteiger partial charge in [-0.05, 0) is 35.4 Å². The van der Waals surface area contributed by atoms with Gasteiger partial charge in [-0.2, -0.15) is 0 Å². The zero-order valence-electron chi connectivity index (χ0n) is 14.9. The number of nitrogens with one attached hydrogen (secondary N) is 2. The number of aromatic nitrogens is 1. The van der Waals surface area contributed by atoms with Gasteiger partial charge in [0.05, 0.1) is 23.6 Å². The summed E-state index contributed by atoms with van der Waals surface area (Å²) < 4.78 is 5.78. The van der Waals surface area contributed by atoms with Crippen LogP contribution in [0.15, 0.2) is 47.1 Å². The number of aromatic amines is 1. The smallest absolute Gasteiger partial charge is 0.328 e. The van der Waals surface area contributed by atoms with Gasteiger partial charge in [0.15, 0.2) is 0 Å². The second-order valence-corrected chi connectivity index (χ2v) is 8.01. The third-order valence-electron chi connectivity index (χ3n) is 4.33. The molecule has 0 aliphatic rings. The number of carbonyl (C=O) groups excluding carboxylic acids is 2. The number of ether oxygens (including phenoxy) is 1. The molecule has 0 bridgehead atoms. The minimum absolute atomic E-state index is 0.135. The number of esters is 1. The van der Waals surface area contributed by atoms with Crippen LogP contribution in [0.2, 0.25) is 10.0 Å². The first-order valence-electron chi connectivity index (χ1n) is 8.44. The molecule has 1 heterocycles. The molecule has 28 heavy (non-hydrogen) atoms. The van der Waals surface area contributed by atoms with Crippen LogP contribution in [-0.4, -0.2) is 30.0 Å².